The highest BCUT2D eigenvalue weighted by Gasteiger charge is 2.38. The monoisotopic (exact) mass is 438 g/mol. The lowest BCUT2D eigenvalue weighted by Gasteiger charge is -2.34. The van der Waals surface area contributed by atoms with Crippen molar-refractivity contribution >= 4 is 40.1 Å². The standard InChI is InChI=1S/C23H23ClN4O3/c24-16-5-7-17(8-6-16)27-14-15(13-21(27)29)22(30)26-11-9-18(10-12-26)28-20-4-2-1-3-19(20)25-23(28)31/h1-8,15,18H,9-14H2,(H,25,31). The van der Waals surface area contributed by atoms with Gasteiger partial charge in [0.05, 0.1) is 17.0 Å². The number of carbonyl (C=O) groups excluding carboxylic acids is 2. The Labute approximate surface area is 184 Å². The number of nitrogens with one attached hydrogen (secondary N) is 1. The summed E-state index contributed by atoms with van der Waals surface area (Å²) in [5.41, 5.74) is 2.39. The summed E-state index contributed by atoms with van der Waals surface area (Å²) < 4.78 is 1.82. The van der Waals surface area contributed by atoms with Crippen LogP contribution in [0.2, 0.25) is 5.02 Å². The van der Waals surface area contributed by atoms with Crippen molar-refractivity contribution in [3.8, 4) is 0 Å². The van der Waals surface area contributed by atoms with Crippen molar-refractivity contribution in [3.63, 3.8) is 0 Å². The van der Waals surface area contributed by atoms with Crippen LogP contribution in [0.3, 0.4) is 0 Å². The average Bonchev–Trinajstić information content (AvgIpc) is 3.33. The van der Waals surface area contributed by atoms with E-state index >= 15 is 0 Å². The van der Waals surface area contributed by atoms with E-state index in [1.165, 1.54) is 0 Å². The van der Waals surface area contributed by atoms with E-state index in [0.717, 1.165) is 29.6 Å². The number of benzene rings is 2. The summed E-state index contributed by atoms with van der Waals surface area (Å²) in [5, 5.41) is 0.611. The Bertz CT molecular complexity index is 1190. The summed E-state index contributed by atoms with van der Waals surface area (Å²) in [4.78, 5) is 44.5. The van der Waals surface area contributed by atoms with Gasteiger partial charge in [0.1, 0.15) is 0 Å². The molecule has 8 heteroatoms. The summed E-state index contributed by atoms with van der Waals surface area (Å²) in [6, 6.07) is 14.8. The van der Waals surface area contributed by atoms with Crippen LogP contribution in [0, 0.1) is 5.92 Å². The second kappa shape index (κ2) is 7.89. The number of piperidine rings is 1. The predicted octanol–water partition coefficient (Wildman–Crippen LogP) is 3.20. The van der Waals surface area contributed by atoms with Gasteiger partial charge < -0.3 is 14.8 Å². The summed E-state index contributed by atoms with van der Waals surface area (Å²) in [6.07, 6.45) is 1.66. The molecular formula is C23H23ClN4O3. The van der Waals surface area contributed by atoms with E-state index in [4.69, 9.17) is 11.6 Å². The minimum Gasteiger partial charge on any atom is -0.342 e. The lowest BCUT2D eigenvalue weighted by Crippen LogP contribution is -2.43. The molecule has 1 atom stereocenters. The van der Waals surface area contributed by atoms with Gasteiger partial charge in [0.25, 0.3) is 0 Å². The van der Waals surface area contributed by atoms with E-state index in [1.54, 1.807) is 29.2 Å². The van der Waals surface area contributed by atoms with E-state index in [2.05, 4.69) is 4.98 Å². The van der Waals surface area contributed by atoms with E-state index < -0.39 is 0 Å². The molecule has 0 aliphatic carbocycles. The zero-order valence-corrected chi connectivity index (χ0v) is 17.7. The van der Waals surface area contributed by atoms with Crippen LogP contribution < -0.4 is 10.6 Å². The fourth-order valence-corrected chi connectivity index (χ4v) is 4.91. The number of anilines is 1. The van der Waals surface area contributed by atoms with Crippen LogP contribution >= 0.6 is 11.6 Å². The lowest BCUT2D eigenvalue weighted by atomic mass is 10.0. The minimum atomic E-state index is -0.337. The van der Waals surface area contributed by atoms with E-state index in [0.29, 0.717) is 24.7 Å². The Morgan fingerprint density at radius 1 is 1.00 bits per heavy atom. The molecule has 0 radical (unpaired) electrons. The quantitative estimate of drug-likeness (QED) is 0.682. The second-order valence-electron chi connectivity index (χ2n) is 8.26. The smallest absolute Gasteiger partial charge is 0.326 e. The molecule has 2 aliphatic rings. The maximum Gasteiger partial charge on any atom is 0.326 e. The van der Waals surface area contributed by atoms with Gasteiger partial charge in [-0.15, -0.1) is 0 Å². The van der Waals surface area contributed by atoms with Gasteiger partial charge in [-0.3, -0.25) is 14.2 Å². The molecule has 160 valence electrons. The number of amides is 2. The molecule has 2 fully saturated rings. The van der Waals surface area contributed by atoms with Crippen molar-refractivity contribution in [2.75, 3.05) is 24.5 Å². The summed E-state index contributed by atoms with van der Waals surface area (Å²) >= 11 is 5.94. The van der Waals surface area contributed by atoms with Gasteiger partial charge in [0.2, 0.25) is 11.8 Å². The van der Waals surface area contributed by atoms with Gasteiger partial charge >= 0.3 is 5.69 Å². The molecule has 1 aromatic heterocycles. The van der Waals surface area contributed by atoms with Crippen LogP contribution in [-0.4, -0.2) is 45.9 Å². The molecule has 2 saturated heterocycles. The Morgan fingerprint density at radius 3 is 2.45 bits per heavy atom. The van der Waals surface area contributed by atoms with Gasteiger partial charge in [-0.1, -0.05) is 23.7 Å². The maximum absolute atomic E-state index is 13.1. The van der Waals surface area contributed by atoms with Crippen molar-refractivity contribution in [3.05, 3.63) is 64.0 Å². The summed E-state index contributed by atoms with van der Waals surface area (Å²) in [6.45, 7) is 1.56. The first-order valence-electron chi connectivity index (χ1n) is 10.6. The Balaban J connectivity index is 1.25. The van der Waals surface area contributed by atoms with Crippen molar-refractivity contribution in [1.29, 1.82) is 0 Å². The molecule has 0 saturated carbocycles. The van der Waals surface area contributed by atoms with Gasteiger partial charge in [-0.05, 0) is 49.2 Å². The van der Waals surface area contributed by atoms with Crippen molar-refractivity contribution in [1.82, 2.24) is 14.5 Å². The topological polar surface area (TPSA) is 78.4 Å². The maximum atomic E-state index is 13.1. The van der Waals surface area contributed by atoms with Crippen LogP contribution in [0.15, 0.2) is 53.3 Å². The number of imidazole rings is 1. The predicted molar refractivity (Wildman–Crippen MR) is 119 cm³/mol. The highest BCUT2D eigenvalue weighted by atomic mass is 35.5. The molecule has 2 aromatic carbocycles. The highest BCUT2D eigenvalue weighted by Crippen LogP contribution is 2.30. The van der Waals surface area contributed by atoms with Crippen LogP contribution in [0.5, 0.6) is 0 Å². The van der Waals surface area contributed by atoms with Gasteiger partial charge in [-0.25, -0.2) is 4.79 Å². The molecule has 2 aliphatic heterocycles. The van der Waals surface area contributed by atoms with Crippen LogP contribution in [0.25, 0.3) is 11.0 Å². The molecule has 1 N–H and O–H groups in total. The highest BCUT2D eigenvalue weighted by molar-refractivity contribution is 6.30. The second-order valence-corrected chi connectivity index (χ2v) is 8.69. The van der Waals surface area contributed by atoms with Crippen LogP contribution in [0.4, 0.5) is 5.69 Å². The molecule has 2 amide bonds. The first-order chi connectivity index (χ1) is 15.0. The normalized spacial score (nSPS) is 20.0. The Morgan fingerprint density at radius 2 is 1.71 bits per heavy atom. The SMILES string of the molecule is O=C(C1CC(=O)N(c2ccc(Cl)cc2)C1)N1CCC(n2c(=O)[nH]c3ccccc32)CC1. The summed E-state index contributed by atoms with van der Waals surface area (Å²) in [7, 11) is 0. The number of fused-ring (bicyclic) bond motifs is 1. The molecule has 7 nitrogen and oxygen atoms in total. The number of carbonyl (C=O) groups is 2. The number of aromatic amines is 1. The molecule has 1 unspecified atom stereocenters. The largest absolute Gasteiger partial charge is 0.342 e. The lowest BCUT2D eigenvalue weighted by molar-refractivity contribution is -0.137. The summed E-state index contributed by atoms with van der Waals surface area (Å²) in [5.74, 6) is -0.356. The van der Waals surface area contributed by atoms with Gasteiger partial charge in [0, 0.05) is 42.8 Å². The van der Waals surface area contributed by atoms with Crippen molar-refractivity contribution in [2.24, 2.45) is 5.92 Å². The van der Waals surface area contributed by atoms with Gasteiger partial charge in [-0.2, -0.15) is 0 Å². The third-order valence-corrected chi connectivity index (χ3v) is 6.63. The average molecular weight is 439 g/mol. The third-order valence-electron chi connectivity index (χ3n) is 6.38. The van der Waals surface area contributed by atoms with E-state index in [9.17, 15) is 14.4 Å². The zero-order chi connectivity index (χ0) is 21.5. The Kier molecular flexibility index (Phi) is 5.06. The number of likely N-dealkylation sites (tertiary alicyclic amines) is 1. The molecule has 3 aromatic rings. The molecule has 31 heavy (non-hydrogen) atoms. The fourth-order valence-electron chi connectivity index (χ4n) is 4.78. The number of hydrogen-bond acceptors (Lipinski definition) is 3. The van der Waals surface area contributed by atoms with Gasteiger partial charge in [0.15, 0.2) is 0 Å². The number of nitrogens with zero attached hydrogens (tertiary/aromatic N) is 3. The number of hydrogen-bond donors (Lipinski definition) is 1. The van der Waals surface area contributed by atoms with Crippen molar-refractivity contribution in [2.45, 2.75) is 25.3 Å². The first kappa shape index (κ1) is 19.9. The van der Waals surface area contributed by atoms with E-state index in [-0.39, 0.29) is 35.9 Å². The molecular weight excluding hydrogens is 416 g/mol. The van der Waals surface area contributed by atoms with E-state index in [1.807, 2.05) is 33.7 Å². The number of halogens is 1. The number of aromatic nitrogens is 2. The first-order valence-corrected chi connectivity index (χ1v) is 10.9. The molecule has 0 bridgehead atoms. The number of H-pyrrole nitrogens is 1. The molecule has 5 rings (SSSR count). The zero-order valence-electron chi connectivity index (χ0n) is 17.0. The van der Waals surface area contributed by atoms with Crippen molar-refractivity contribution < 1.29 is 9.59 Å². The molecule has 3 heterocycles. The third kappa shape index (κ3) is 3.63. The van der Waals surface area contributed by atoms with Crippen LogP contribution in [-0.2, 0) is 9.59 Å². The fraction of sp³-hybridized carbons (Fsp3) is 0.348. The number of rotatable bonds is 3. The number of para-hydroxylation sites is 2. The Hall–Kier alpha value is -3.06. The van der Waals surface area contributed by atoms with Crippen LogP contribution in [0.1, 0.15) is 25.3 Å². The minimum absolute atomic E-state index is 0.0227. The molecule has 0 spiro atoms.